The minimum Gasteiger partial charge on any atom is -0.506 e. The normalized spacial score (nSPS) is 18.3. The Labute approximate surface area is 368 Å². The van der Waals surface area contributed by atoms with E-state index >= 15 is 0 Å². The summed E-state index contributed by atoms with van der Waals surface area (Å²) >= 11 is 1.52. The summed E-state index contributed by atoms with van der Waals surface area (Å²) in [5.41, 5.74) is 2.94. The van der Waals surface area contributed by atoms with Crippen LogP contribution in [0.5, 0.6) is 5.75 Å². The third-order valence-electron chi connectivity index (χ3n) is 12.4. The SMILES string of the molecule is O=C(NCc1ccc(-c2cccc([C@](O)(C(=O)OC[C@H]3[C@H]4CN(Cc5ccccc5)C[C@@H]34)c3ccccc3)c2)s1)c1ccc(CNC[C@H](O)c2ccc(O)c3[nH]c(=O)ccc23)cc1. The number of esters is 1. The Kier molecular flexibility index (Phi) is 12.1. The number of aliphatic hydroxyl groups is 2. The Bertz CT molecular complexity index is 2780. The molecule has 12 heteroatoms. The maximum atomic E-state index is 14.0. The monoisotopic (exact) mass is 860 g/mol. The molecule has 9 rings (SSSR count). The number of phenols is 1. The van der Waals surface area contributed by atoms with Crippen molar-refractivity contribution in [3.63, 3.8) is 0 Å². The zero-order valence-electron chi connectivity index (χ0n) is 34.4. The first-order chi connectivity index (χ1) is 30.6. The number of hydrogen-bond acceptors (Lipinski definition) is 10. The number of piperidine rings is 1. The molecule has 3 heterocycles. The van der Waals surface area contributed by atoms with E-state index in [-0.39, 0.29) is 35.9 Å². The van der Waals surface area contributed by atoms with Gasteiger partial charge >= 0.3 is 5.97 Å². The largest absolute Gasteiger partial charge is 0.506 e. The van der Waals surface area contributed by atoms with Crippen molar-refractivity contribution in [2.75, 3.05) is 26.2 Å². The number of pyridine rings is 1. The third kappa shape index (κ3) is 9.08. The summed E-state index contributed by atoms with van der Waals surface area (Å²) in [6, 6.07) is 44.0. The Balaban J connectivity index is 0.785. The van der Waals surface area contributed by atoms with Crippen LogP contribution in [0.1, 0.15) is 49.2 Å². The lowest BCUT2D eigenvalue weighted by Gasteiger charge is -2.28. The second-order valence-corrected chi connectivity index (χ2v) is 17.7. The van der Waals surface area contributed by atoms with E-state index in [0.29, 0.717) is 58.5 Å². The number of aromatic hydroxyl groups is 1. The molecule has 6 N–H and O–H groups in total. The number of nitrogens with one attached hydrogen (secondary N) is 3. The third-order valence-corrected chi connectivity index (χ3v) is 13.5. The van der Waals surface area contributed by atoms with E-state index in [9.17, 15) is 29.7 Å². The van der Waals surface area contributed by atoms with Crippen molar-refractivity contribution in [1.29, 1.82) is 0 Å². The topological polar surface area (TPSA) is 164 Å². The number of likely N-dealkylation sites (tertiary alicyclic amines) is 1. The highest BCUT2D eigenvalue weighted by Crippen LogP contribution is 2.52. The predicted octanol–water partition coefficient (Wildman–Crippen LogP) is 6.87. The van der Waals surface area contributed by atoms with E-state index in [1.54, 1.807) is 54.6 Å². The highest BCUT2D eigenvalue weighted by atomic mass is 32.1. The summed E-state index contributed by atoms with van der Waals surface area (Å²) in [5, 5.41) is 40.1. The number of aromatic nitrogens is 1. The molecule has 2 aliphatic rings. The average molecular weight is 861 g/mol. The smallest absolute Gasteiger partial charge is 0.347 e. The fourth-order valence-electron chi connectivity index (χ4n) is 8.89. The van der Waals surface area contributed by atoms with Gasteiger partial charge < -0.3 is 35.7 Å². The number of amides is 1. The zero-order chi connectivity index (χ0) is 43.5. The van der Waals surface area contributed by atoms with Crippen LogP contribution in [0.25, 0.3) is 21.3 Å². The zero-order valence-corrected chi connectivity index (χ0v) is 35.3. The molecule has 2 fully saturated rings. The van der Waals surface area contributed by atoms with Crippen LogP contribution in [-0.2, 0) is 34.8 Å². The molecule has 0 spiro atoms. The van der Waals surface area contributed by atoms with Gasteiger partial charge in [-0.15, -0.1) is 11.3 Å². The van der Waals surface area contributed by atoms with E-state index in [0.717, 1.165) is 40.5 Å². The van der Waals surface area contributed by atoms with Crippen molar-refractivity contribution in [3.05, 3.63) is 194 Å². The van der Waals surface area contributed by atoms with E-state index in [4.69, 9.17) is 4.74 Å². The molecule has 5 aromatic carbocycles. The average Bonchev–Trinajstić information content (AvgIpc) is 3.58. The first kappa shape index (κ1) is 41.9. The van der Waals surface area contributed by atoms with Crippen molar-refractivity contribution in [2.24, 2.45) is 17.8 Å². The van der Waals surface area contributed by atoms with E-state index in [2.05, 4.69) is 44.8 Å². The van der Waals surface area contributed by atoms with E-state index < -0.39 is 17.7 Å². The van der Waals surface area contributed by atoms with Gasteiger partial charge in [-0.3, -0.25) is 14.5 Å². The molecule has 1 saturated carbocycles. The highest BCUT2D eigenvalue weighted by Gasteiger charge is 2.56. The number of ether oxygens (including phenoxy) is 1. The molecule has 1 aliphatic heterocycles. The number of hydrogen-bond donors (Lipinski definition) is 6. The molecule has 1 amide bonds. The van der Waals surface area contributed by atoms with Gasteiger partial charge in [0.1, 0.15) is 5.75 Å². The van der Waals surface area contributed by atoms with Gasteiger partial charge in [0.2, 0.25) is 11.2 Å². The van der Waals surface area contributed by atoms with Gasteiger partial charge in [-0.2, -0.15) is 0 Å². The van der Waals surface area contributed by atoms with Crippen molar-refractivity contribution >= 4 is 34.1 Å². The molecule has 2 aromatic heterocycles. The number of carbonyl (C=O) groups is 2. The molecule has 0 radical (unpaired) electrons. The van der Waals surface area contributed by atoms with Crippen LogP contribution < -0.4 is 16.2 Å². The standard InChI is InChI=1S/C51H48N4O7S/c56-44-21-19-39(40-20-23-47(58)54-48(40)44)45(57)27-52-25-32-14-16-34(17-15-32)49(59)53-26-38-18-22-46(63-38)35-10-7-13-37(24-35)51(61,36-11-5-2-6-12-36)50(60)62-31-43-41-29-55(30-42(41)43)28-33-8-3-1-4-9-33/h1-24,41-43,45,52,56-57,61H,25-31H2,(H,53,59)(H,54,58)/t41-,42+,43-,45-,51-/m0/s1. The van der Waals surface area contributed by atoms with Gasteiger partial charge in [0, 0.05) is 71.0 Å². The summed E-state index contributed by atoms with van der Waals surface area (Å²) in [7, 11) is 0. The minimum atomic E-state index is -2.01. The number of carbonyl (C=O) groups excluding carboxylic acids is 2. The Morgan fingerprint density at radius 1 is 0.810 bits per heavy atom. The Morgan fingerprint density at radius 3 is 2.30 bits per heavy atom. The van der Waals surface area contributed by atoms with Crippen molar-refractivity contribution in [3.8, 4) is 16.2 Å². The molecule has 5 atom stereocenters. The summed E-state index contributed by atoms with van der Waals surface area (Å²) in [6.45, 7) is 4.16. The fraction of sp³-hybridized carbons (Fsp3) is 0.235. The number of rotatable bonds is 16. The molecule has 63 heavy (non-hydrogen) atoms. The Hall–Kier alpha value is -6.41. The van der Waals surface area contributed by atoms with Crippen molar-refractivity contribution in [1.82, 2.24) is 20.5 Å². The number of fused-ring (bicyclic) bond motifs is 2. The maximum Gasteiger partial charge on any atom is 0.347 e. The first-order valence-corrected chi connectivity index (χ1v) is 22.0. The second kappa shape index (κ2) is 18.1. The first-order valence-electron chi connectivity index (χ1n) is 21.2. The van der Waals surface area contributed by atoms with Gasteiger partial charge in [-0.05, 0) is 82.1 Å². The van der Waals surface area contributed by atoms with Crippen LogP contribution >= 0.6 is 11.3 Å². The number of aromatic amines is 1. The molecule has 0 bridgehead atoms. The quantitative estimate of drug-likeness (QED) is 0.0570. The molecule has 0 unspecified atom stereocenters. The van der Waals surface area contributed by atoms with E-state index in [1.165, 1.54) is 29.0 Å². The molecule has 11 nitrogen and oxygen atoms in total. The van der Waals surface area contributed by atoms with Crippen molar-refractivity contribution in [2.45, 2.75) is 31.3 Å². The number of phenolic OH excluding ortho intramolecular Hbond substituents is 1. The molecule has 1 saturated heterocycles. The molecular weight excluding hydrogens is 813 g/mol. The maximum absolute atomic E-state index is 14.0. The van der Waals surface area contributed by atoms with Gasteiger partial charge in [0.05, 0.1) is 24.8 Å². The number of aliphatic hydroxyl groups excluding tert-OH is 1. The lowest BCUT2D eigenvalue weighted by atomic mass is 9.85. The van der Waals surface area contributed by atoms with Crippen LogP contribution in [0.15, 0.2) is 150 Å². The van der Waals surface area contributed by atoms with Gasteiger partial charge in [0.15, 0.2) is 0 Å². The Morgan fingerprint density at radius 2 is 1.54 bits per heavy atom. The summed E-state index contributed by atoms with van der Waals surface area (Å²) in [5.74, 6) is 0.310. The number of thiophene rings is 1. The molecule has 320 valence electrons. The van der Waals surface area contributed by atoms with Gasteiger partial charge in [-0.25, -0.2) is 4.79 Å². The second-order valence-electron chi connectivity index (χ2n) is 16.5. The lowest BCUT2D eigenvalue weighted by Crippen LogP contribution is -2.39. The predicted molar refractivity (Wildman–Crippen MR) is 243 cm³/mol. The van der Waals surface area contributed by atoms with Crippen LogP contribution in [0.3, 0.4) is 0 Å². The molecule has 7 aromatic rings. The van der Waals surface area contributed by atoms with E-state index in [1.807, 2.05) is 54.6 Å². The van der Waals surface area contributed by atoms with Crippen LogP contribution in [-0.4, -0.2) is 63.3 Å². The lowest BCUT2D eigenvalue weighted by molar-refractivity contribution is -0.163. The summed E-state index contributed by atoms with van der Waals surface area (Å²) in [6.07, 6.45) is -0.887. The van der Waals surface area contributed by atoms with Crippen LogP contribution in [0.2, 0.25) is 0 Å². The molecule has 1 aliphatic carbocycles. The minimum absolute atomic E-state index is 0.0649. The fourth-order valence-corrected chi connectivity index (χ4v) is 9.84. The van der Waals surface area contributed by atoms with Crippen LogP contribution in [0, 0.1) is 17.8 Å². The highest BCUT2D eigenvalue weighted by molar-refractivity contribution is 7.15. The van der Waals surface area contributed by atoms with Gasteiger partial charge in [-0.1, -0.05) is 97.1 Å². The number of benzene rings is 5. The van der Waals surface area contributed by atoms with Crippen molar-refractivity contribution < 1.29 is 29.6 Å². The molecular formula is C51H48N4O7S. The number of nitrogens with zero attached hydrogens (tertiary/aromatic N) is 1. The summed E-state index contributed by atoms with van der Waals surface area (Å²) in [4.78, 5) is 45.8. The van der Waals surface area contributed by atoms with Crippen LogP contribution in [0.4, 0.5) is 0 Å². The van der Waals surface area contributed by atoms with Gasteiger partial charge in [0.25, 0.3) is 5.91 Å². The summed E-state index contributed by atoms with van der Waals surface area (Å²) < 4.78 is 5.96. The number of H-pyrrole nitrogens is 1.